The summed E-state index contributed by atoms with van der Waals surface area (Å²) < 4.78 is 11.1. The average Bonchev–Trinajstić information content (AvgIpc) is 2.14. The van der Waals surface area contributed by atoms with Gasteiger partial charge in [0.15, 0.2) is 0 Å². The van der Waals surface area contributed by atoms with Gasteiger partial charge in [0.05, 0.1) is 0 Å². The van der Waals surface area contributed by atoms with Crippen LogP contribution in [0, 0.1) is 0 Å². The van der Waals surface area contributed by atoms with E-state index in [1.54, 1.807) is 17.5 Å². The zero-order valence-electron chi connectivity index (χ0n) is 3.43. The summed E-state index contributed by atoms with van der Waals surface area (Å²) in [5, 5.41) is 2.05. The predicted octanol–water partition coefficient (Wildman–Crippen LogP) is 2.01. The molecule has 1 rings (SSSR count). The van der Waals surface area contributed by atoms with E-state index in [1.165, 1.54) is 11.3 Å². The summed E-state index contributed by atoms with van der Waals surface area (Å²) in [5.41, 5.74) is 0. The summed E-state index contributed by atoms with van der Waals surface area (Å²) >= 11 is 1.23. The number of hydrogen-bond acceptors (Lipinski definition) is 2. The van der Waals surface area contributed by atoms with E-state index in [0.29, 0.717) is 5.06 Å². The Bertz CT molecular complexity index is 126. The van der Waals surface area contributed by atoms with Crippen molar-refractivity contribution in [2.75, 3.05) is 0 Å². The van der Waals surface area contributed by atoms with Crippen molar-refractivity contribution in [2.24, 2.45) is 0 Å². The molecule has 0 spiro atoms. The molecule has 3 heteroatoms. The molecule has 1 nitrogen and oxygen atoms in total. The fraction of sp³-hybridized carbons (Fsp3) is 0. The minimum absolute atomic E-state index is 0.306. The van der Waals surface area contributed by atoms with Crippen LogP contribution in [-0.4, -0.2) is 0 Å². The van der Waals surface area contributed by atoms with E-state index >= 15 is 0 Å². The quantitative estimate of drug-likeness (QED) is 0.548. The monoisotopic (exact) mass is 118 g/mol. The van der Waals surface area contributed by atoms with Crippen LogP contribution in [0.2, 0.25) is 0 Å². The summed E-state index contributed by atoms with van der Waals surface area (Å²) in [6.45, 7) is 0. The Kier molecular flexibility index (Phi) is 1.26. The molecule has 1 aromatic rings. The molecule has 0 aliphatic heterocycles. The lowest BCUT2D eigenvalue weighted by molar-refractivity contribution is -0.00126. The van der Waals surface area contributed by atoms with Crippen molar-refractivity contribution in [3.63, 3.8) is 0 Å². The first-order chi connectivity index (χ1) is 3.43. The molecule has 0 aromatic carbocycles. The van der Waals surface area contributed by atoms with E-state index in [0.717, 1.165) is 0 Å². The highest BCUT2D eigenvalue weighted by Crippen LogP contribution is 2.17. The van der Waals surface area contributed by atoms with Crippen LogP contribution in [-0.2, 0) is 0 Å². The maximum absolute atomic E-state index is 11.1. The van der Waals surface area contributed by atoms with Gasteiger partial charge < -0.3 is 0 Å². The molecule has 0 bridgehead atoms. The van der Waals surface area contributed by atoms with E-state index in [-0.39, 0.29) is 0 Å². The van der Waals surface area contributed by atoms with Gasteiger partial charge in [0.1, 0.15) is 0 Å². The molecular weight excluding hydrogens is 115 g/mol. The molecule has 0 fully saturated rings. The molecule has 0 atom stereocenters. The second-order valence-electron chi connectivity index (χ2n) is 1.01. The predicted molar refractivity (Wildman–Crippen MR) is 26.1 cm³/mol. The van der Waals surface area contributed by atoms with Gasteiger partial charge in [-0.05, 0) is 17.5 Å². The van der Waals surface area contributed by atoms with E-state index < -0.39 is 0 Å². The average molecular weight is 118 g/mol. The highest BCUT2D eigenvalue weighted by Gasteiger charge is 1.87. The Labute approximate surface area is 44.3 Å². The summed E-state index contributed by atoms with van der Waals surface area (Å²) in [4.78, 5) is 3.37. The smallest absolute Gasteiger partial charge is 0.225 e. The number of hydrogen-bond donors (Lipinski definition) is 0. The van der Waals surface area contributed by atoms with E-state index in [1.807, 2.05) is 0 Å². The first-order valence-electron chi connectivity index (χ1n) is 1.75. The number of rotatable bonds is 1. The minimum Gasteiger partial charge on any atom is -0.283 e. The molecule has 0 amide bonds. The van der Waals surface area contributed by atoms with Crippen molar-refractivity contribution in [1.29, 1.82) is 0 Å². The Balaban J connectivity index is 2.76. The minimum atomic E-state index is 0.306. The van der Waals surface area contributed by atoms with Gasteiger partial charge in [0, 0.05) is 4.53 Å². The molecule has 0 aliphatic carbocycles. The van der Waals surface area contributed by atoms with Crippen molar-refractivity contribution in [3.8, 4) is 5.06 Å². The maximum Gasteiger partial charge on any atom is 0.225 e. The highest BCUT2D eigenvalue weighted by atomic mass is 32.1. The Morgan fingerprint density at radius 1 is 1.71 bits per heavy atom. The van der Waals surface area contributed by atoms with E-state index in [2.05, 4.69) is 4.94 Å². The van der Waals surface area contributed by atoms with Crippen molar-refractivity contribution >= 4 is 11.3 Å². The lowest BCUT2D eigenvalue weighted by atomic mass is 10.7. The third-order valence-corrected chi connectivity index (χ3v) is 1.30. The van der Waals surface area contributed by atoms with Gasteiger partial charge in [-0.3, -0.25) is 4.94 Å². The standard InChI is InChI=1S/C4H3FOS/c5-6-4-2-1-3-7-4/h1-3H. The van der Waals surface area contributed by atoms with E-state index in [4.69, 9.17) is 0 Å². The van der Waals surface area contributed by atoms with Crippen molar-refractivity contribution in [2.45, 2.75) is 0 Å². The van der Waals surface area contributed by atoms with Crippen LogP contribution in [0.15, 0.2) is 17.5 Å². The van der Waals surface area contributed by atoms with Gasteiger partial charge in [0.25, 0.3) is 0 Å². The van der Waals surface area contributed by atoms with Gasteiger partial charge >= 0.3 is 0 Å². The largest absolute Gasteiger partial charge is 0.283 e. The molecule has 1 heterocycles. The van der Waals surface area contributed by atoms with Crippen LogP contribution in [0.4, 0.5) is 4.53 Å². The molecule has 0 N–H and O–H groups in total. The molecular formula is C4H3FOS. The second kappa shape index (κ2) is 1.93. The Morgan fingerprint density at radius 3 is 2.86 bits per heavy atom. The third-order valence-electron chi connectivity index (χ3n) is 0.571. The molecule has 38 valence electrons. The van der Waals surface area contributed by atoms with Gasteiger partial charge in [-0.15, -0.1) is 11.3 Å². The molecule has 0 aliphatic rings. The van der Waals surface area contributed by atoms with Crippen molar-refractivity contribution in [1.82, 2.24) is 0 Å². The molecule has 1 aromatic heterocycles. The topological polar surface area (TPSA) is 9.23 Å². The van der Waals surface area contributed by atoms with Crippen LogP contribution in [0.5, 0.6) is 5.06 Å². The fourth-order valence-electron chi connectivity index (χ4n) is 0.307. The lowest BCUT2D eigenvalue weighted by Gasteiger charge is -1.77. The van der Waals surface area contributed by atoms with E-state index in [9.17, 15) is 4.53 Å². The molecule has 0 unspecified atom stereocenters. The third kappa shape index (κ3) is 0.899. The SMILES string of the molecule is FOc1cccs1. The normalized spacial score (nSPS) is 8.71. The Morgan fingerprint density at radius 2 is 2.57 bits per heavy atom. The number of thiophene rings is 1. The fourth-order valence-corrected chi connectivity index (χ4v) is 0.792. The van der Waals surface area contributed by atoms with Crippen LogP contribution >= 0.6 is 11.3 Å². The molecule has 0 saturated heterocycles. The lowest BCUT2D eigenvalue weighted by Crippen LogP contribution is -1.62. The molecule has 0 saturated carbocycles. The first-order valence-corrected chi connectivity index (χ1v) is 2.63. The summed E-state index contributed by atoms with van der Waals surface area (Å²) in [6.07, 6.45) is 0. The summed E-state index contributed by atoms with van der Waals surface area (Å²) in [7, 11) is 0. The second-order valence-corrected chi connectivity index (χ2v) is 1.92. The first kappa shape index (κ1) is 4.59. The molecule has 0 radical (unpaired) electrons. The van der Waals surface area contributed by atoms with Crippen LogP contribution in [0.25, 0.3) is 0 Å². The zero-order valence-corrected chi connectivity index (χ0v) is 4.24. The maximum atomic E-state index is 11.1. The van der Waals surface area contributed by atoms with Crippen molar-refractivity contribution in [3.05, 3.63) is 17.5 Å². The van der Waals surface area contributed by atoms with Gasteiger partial charge in [0.2, 0.25) is 5.06 Å². The molecule has 7 heavy (non-hydrogen) atoms. The number of halogens is 1. The highest BCUT2D eigenvalue weighted by molar-refractivity contribution is 7.11. The van der Waals surface area contributed by atoms with Gasteiger partial charge in [-0.25, -0.2) is 0 Å². The summed E-state index contributed by atoms with van der Waals surface area (Å²) in [5.74, 6) is 0. The Hall–Kier alpha value is -0.570. The van der Waals surface area contributed by atoms with Gasteiger partial charge in [-0.1, -0.05) is 0 Å². The van der Waals surface area contributed by atoms with Gasteiger partial charge in [-0.2, -0.15) is 0 Å². The van der Waals surface area contributed by atoms with Crippen LogP contribution < -0.4 is 4.94 Å². The van der Waals surface area contributed by atoms with Crippen LogP contribution in [0.3, 0.4) is 0 Å². The van der Waals surface area contributed by atoms with Crippen LogP contribution in [0.1, 0.15) is 0 Å². The zero-order chi connectivity index (χ0) is 5.11. The van der Waals surface area contributed by atoms with Crippen molar-refractivity contribution < 1.29 is 9.47 Å². The summed E-state index contributed by atoms with van der Waals surface area (Å²) in [6, 6.07) is 3.28.